The van der Waals surface area contributed by atoms with Gasteiger partial charge in [0, 0.05) is 19.5 Å². The number of methoxy groups -OCH3 is 1. The summed E-state index contributed by atoms with van der Waals surface area (Å²) in [5, 5.41) is 10.1. The SMILES string of the molecule is COC(=O)CNC(=O)[C@@H]1CCCN1C(=O)[C@H](Cc1ccccc1)NC(=O)[C@@H]1CCCN1C(=O)CNC(=O)CNC(=O)OC(C)(C)C. The van der Waals surface area contributed by atoms with Crippen molar-refractivity contribution in [3.63, 3.8) is 0 Å². The van der Waals surface area contributed by atoms with Gasteiger partial charge in [-0.25, -0.2) is 4.79 Å². The minimum atomic E-state index is -1.03. The van der Waals surface area contributed by atoms with Gasteiger partial charge in [0.25, 0.3) is 0 Å². The van der Waals surface area contributed by atoms with Crippen LogP contribution in [0.15, 0.2) is 30.3 Å². The molecule has 2 aliphatic heterocycles. The number of hydrogen-bond donors (Lipinski definition) is 4. The van der Waals surface area contributed by atoms with Crippen LogP contribution in [0.2, 0.25) is 0 Å². The van der Waals surface area contributed by atoms with Crippen molar-refractivity contribution < 1.29 is 43.0 Å². The third-order valence-corrected chi connectivity index (χ3v) is 7.48. The van der Waals surface area contributed by atoms with Gasteiger partial charge in [-0.1, -0.05) is 30.3 Å². The number of alkyl carbamates (subject to hydrolysis) is 1. The van der Waals surface area contributed by atoms with Crippen molar-refractivity contribution in [1.29, 1.82) is 0 Å². The number of nitrogens with zero attached hydrogens (tertiary/aromatic N) is 2. The van der Waals surface area contributed by atoms with Gasteiger partial charge in [-0.2, -0.15) is 0 Å². The van der Waals surface area contributed by atoms with Gasteiger partial charge in [0.15, 0.2) is 0 Å². The lowest BCUT2D eigenvalue weighted by Crippen LogP contribution is -2.57. The Morgan fingerprint density at radius 3 is 2.09 bits per heavy atom. The third-order valence-electron chi connectivity index (χ3n) is 7.48. The summed E-state index contributed by atoms with van der Waals surface area (Å²) in [5.74, 6) is -3.18. The van der Waals surface area contributed by atoms with Crippen LogP contribution in [0.3, 0.4) is 0 Å². The molecule has 15 heteroatoms. The molecular weight excluding hydrogens is 600 g/mol. The molecule has 1 aromatic carbocycles. The van der Waals surface area contributed by atoms with Gasteiger partial charge >= 0.3 is 12.1 Å². The molecule has 0 unspecified atom stereocenters. The van der Waals surface area contributed by atoms with E-state index in [0.29, 0.717) is 32.2 Å². The Morgan fingerprint density at radius 2 is 1.46 bits per heavy atom. The molecule has 15 nitrogen and oxygen atoms in total. The number of hydrogen-bond acceptors (Lipinski definition) is 9. The maximum absolute atomic E-state index is 13.9. The molecule has 2 heterocycles. The molecule has 0 aliphatic carbocycles. The zero-order chi connectivity index (χ0) is 33.9. The first kappa shape index (κ1) is 35.8. The molecule has 1 aromatic rings. The van der Waals surface area contributed by atoms with E-state index in [1.165, 1.54) is 16.9 Å². The highest BCUT2D eigenvalue weighted by Crippen LogP contribution is 2.21. The second kappa shape index (κ2) is 16.6. The first-order valence-corrected chi connectivity index (χ1v) is 15.3. The number of nitrogens with one attached hydrogen (secondary N) is 4. The lowest BCUT2D eigenvalue weighted by atomic mass is 10.0. The van der Waals surface area contributed by atoms with E-state index < -0.39 is 71.9 Å². The van der Waals surface area contributed by atoms with E-state index in [9.17, 15) is 33.6 Å². The molecule has 2 aliphatic rings. The van der Waals surface area contributed by atoms with Crippen LogP contribution in [0, 0.1) is 0 Å². The van der Waals surface area contributed by atoms with Gasteiger partial charge in [-0.05, 0) is 52.0 Å². The monoisotopic (exact) mass is 644 g/mol. The molecule has 0 bridgehead atoms. The average Bonchev–Trinajstić information content (AvgIpc) is 3.71. The van der Waals surface area contributed by atoms with E-state index in [4.69, 9.17) is 4.74 Å². The normalized spacial score (nSPS) is 18.3. The second-order valence-corrected chi connectivity index (χ2v) is 12.1. The summed E-state index contributed by atoms with van der Waals surface area (Å²) in [6.45, 7) is 4.53. The first-order valence-electron chi connectivity index (χ1n) is 15.3. The minimum Gasteiger partial charge on any atom is -0.468 e. The highest BCUT2D eigenvalue weighted by Gasteiger charge is 2.40. The average molecular weight is 645 g/mol. The van der Waals surface area contributed by atoms with E-state index >= 15 is 0 Å². The van der Waals surface area contributed by atoms with Crippen LogP contribution in [-0.4, -0.2) is 115 Å². The van der Waals surface area contributed by atoms with Crippen LogP contribution in [0.4, 0.5) is 4.79 Å². The standard InChI is InChI=1S/C31H44N6O9/c1-31(2,3)46-30(44)34-17-24(38)32-18-25(39)36-14-8-13-23(36)28(42)35-21(16-20-10-6-5-7-11-20)29(43)37-15-9-12-22(37)27(41)33-19-26(40)45-4/h5-7,10-11,21-23H,8-9,12-19H2,1-4H3,(H,32,38)(H,33,41)(H,34,44)(H,35,42)/t21-,22-,23-/m0/s1. The molecule has 0 saturated carbocycles. The topological polar surface area (TPSA) is 193 Å². The van der Waals surface area contributed by atoms with E-state index in [2.05, 4.69) is 26.0 Å². The van der Waals surface area contributed by atoms with Crippen LogP contribution in [0.5, 0.6) is 0 Å². The number of carbonyl (C=O) groups excluding carboxylic acids is 7. The predicted octanol–water partition coefficient (Wildman–Crippen LogP) is -0.374. The molecule has 3 rings (SSSR count). The van der Waals surface area contributed by atoms with Crippen molar-refractivity contribution in [1.82, 2.24) is 31.1 Å². The number of carbonyl (C=O) groups is 7. The molecule has 252 valence electrons. The van der Waals surface area contributed by atoms with E-state index in [1.807, 2.05) is 30.3 Å². The van der Waals surface area contributed by atoms with Crippen LogP contribution >= 0.6 is 0 Å². The summed E-state index contributed by atoms with van der Waals surface area (Å²) in [6, 6.07) is 6.39. The van der Waals surface area contributed by atoms with Gasteiger partial charge in [-0.15, -0.1) is 0 Å². The Bertz CT molecular complexity index is 1280. The van der Waals surface area contributed by atoms with Gasteiger partial charge < -0.3 is 40.5 Å². The molecular formula is C31H44N6O9. The molecule has 0 spiro atoms. The molecule has 2 fully saturated rings. The number of amides is 6. The number of likely N-dealkylation sites (tertiary alicyclic amines) is 2. The maximum atomic E-state index is 13.9. The van der Waals surface area contributed by atoms with E-state index in [-0.39, 0.29) is 26.1 Å². The maximum Gasteiger partial charge on any atom is 0.408 e. The van der Waals surface area contributed by atoms with Crippen molar-refractivity contribution in [2.45, 2.75) is 76.6 Å². The summed E-state index contributed by atoms with van der Waals surface area (Å²) < 4.78 is 9.65. The molecule has 46 heavy (non-hydrogen) atoms. The zero-order valence-electron chi connectivity index (χ0n) is 26.8. The zero-order valence-corrected chi connectivity index (χ0v) is 26.8. The molecule has 6 amide bonds. The minimum absolute atomic E-state index is 0.153. The molecule has 0 radical (unpaired) electrons. The second-order valence-electron chi connectivity index (χ2n) is 12.1. The molecule has 4 N–H and O–H groups in total. The third kappa shape index (κ3) is 10.7. The summed E-state index contributed by atoms with van der Waals surface area (Å²) in [5.41, 5.74) is 0.0532. The Morgan fingerprint density at radius 1 is 0.826 bits per heavy atom. The Hall–Kier alpha value is -4.69. The largest absolute Gasteiger partial charge is 0.468 e. The number of benzene rings is 1. The first-order chi connectivity index (χ1) is 21.8. The van der Waals surface area contributed by atoms with Crippen molar-refractivity contribution in [3.8, 4) is 0 Å². The fourth-order valence-electron chi connectivity index (χ4n) is 5.31. The Labute approximate surface area is 268 Å². The van der Waals surface area contributed by atoms with E-state index in [1.54, 1.807) is 20.8 Å². The van der Waals surface area contributed by atoms with Gasteiger partial charge in [-0.3, -0.25) is 28.8 Å². The number of ether oxygens (including phenoxy) is 2. The van der Waals surface area contributed by atoms with Gasteiger partial charge in [0.05, 0.1) is 13.7 Å². The Kier molecular flexibility index (Phi) is 12.9. The molecule has 0 aromatic heterocycles. The number of rotatable bonds is 12. The van der Waals surface area contributed by atoms with Crippen LogP contribution in [-0.2, 0) is 44.7 Å². The molecule has 2 saturated heterocycles. The van der Waals surface area contributed by atoms with Crippen LogP contribution in [0.25, 0.3) is 0 Å². The highest BCUT2D eigenvalue weighted by atomic mass is 16.6. The summed E-state index contributed by atoms with van der Waals surface area (Å²) in [4.78, 5) is 91.6. The van der Waals surface area contributed by atoms with Crippen molar-refractivity contribution in [2.75, 3.05) is 39.8 Å². The lowest BCUT2D eigenvalue weighted by molar-refractivity contribution is -0.144. The summed E-state index contributed by atoms with van der Waals surface area (Å²) in [6.07, 6.45) is 1.25. The van der Waals surface area contributed by atoms with Crippen LogP contribution in [0.1, 0.15) is 52.0 Å². The van der Waals surface area contributed by atoms with Crippen molar-refractivity contribution >= 4 is 41.6 Å². The van der Waals surface area contributed by atoms with Gasteiger partial charge in [0.2, 0.25) is 29.5 Å². The predicted molar refractivity (Wildman–Crippen MR) is 164 cm³/mol. The lowest BCUT2D eigenvalue weighted by Gasteiger charge is -2.30. The smallest absolute Gasteiger partial charge is 0.408 e. The fraction of sp³-hybridized carbons (Fsp3) is 0.581. The highest BCUT2D eigenvalue weighted by molar-refractivity contribution is 5.96. The fourth-order valence-corrected chi connectivity index (χ4v) is 5.31. The quantitative estimate of drug-likeness (QED) is 0.220. The summed E-state index contributed by atoms with van der Waals surface area (Å²) >= 11 is 0. The Balaban J connectivity index is 1.64. The van der Waals surface area contributed by atoms with Crippen molar-refractivity contribution in [2.24, 2.45) is 0 Å². The van der Waals surface area contributed by atoms with E-state index in [0.717, 1.165) is 5.56 Å². The van der Waals surface area contributed by atoms with Crippen LogP contribution < -0.4 is 21.3 Å². The number of esters is 1. The van der Waals surface area contributed by atoms with Crippen molar-refractivity contribution in [3.05, 3.63) is 35.9 Å². The van der Waals surface area contributed by atoms with Gasteiger partial charge in [0.1, 0.15) is 36.8 Å². The summed E-state index contributed by atoms with van der Waals surface area (Å²) in [7, 11) is 1.21. The molecule has 3 atom stereocenters.